The molecule has 0 saturated heterocycles. The van der Waals surface area contributed by atoms with E-state index in [0.29, 0.717) is 16.8 Å². The van der Waals surface area contributed by atoms with Gasteiger partial charge >= 0.3 is 0 Å². The second-order valence-corrected chi connectivity index (χ2v) is 5.26. The summed E-state index contributed by atoms with van der Waals surface area (Å²) in [7, 11) is 0. The summed E-state index contributed by atoms with van der Waals surface area (Å²) in [5.41, 5.74) is 1.60. The molecular formula is C18H14FN3O2. The smallest absolute Gasteiger partial charge is 0.287 e. The summed E-state index contributed by atoms with van der Waals surface area (Å²) in [4.78, 5) is 23.3. The van der Waals surface area contributed by atoms with Crippen molar-refractivity contribution in [2.45, 2.75) is 12.5 Å². The largest absolute Gasteiger partial charge is 0.325 e. The molecule has 0 radical (unpaired) electrons. The Morgan fingerprint density at radius 3 is 2.62 bits per heavy atom. The fraction of sp³-hybridized carbons (Fsp3) is 0.111. The number of para-hydroxylation sites is 1. The van der Waals surface area contributed by atoms with Gasteiger partial charge in [-0.2, -0.15) is 5.11 Å². The van der Waals surface area contributed by atoms with Crippen molar-refractivity contribution in [3.63, 3.8) is 0 Å². The van der Waals surface area contributed by atoms with Gasteiger partial charge < -0.3 is 5.32 Å². The molecule has 0 aliphatic carbocycles. The van der Waals surface area contributed by atoms with Gasteiger partial charge in [0.1, 0.15) is 11.9 Å². The molecule has 2 amide bonds. The number of rotatable bonds is 4. The van der Waals surface area contributed by atoms with Crippen molar-refractivity contribution < 1.29 is 14.0 Å². The summed E-state index contributed by atoms with van der Waals surface area (Å²) < 4.78 is 13.6. The molecule has 1 unspecified atom stereocenters. The topological polar surface area (TPSA) is 70.9 Å². The second kappa shape index (κ2) is 6.95. The van der Waals surface area contributed by atoms with E-state index in [1.54, 1.807) is 42.5 Å². The van der Waals surface area contributed by atoms with Crippen molar-refractivity contribution in [1.82, 2.24) is 0 Å². The van der Waals surface area contributed by atoms with Gasteiger partial charge in [0.15, 0.2) is 0 Å². The predicted molar refractivity (Wildman–Crippen MR) is 86.9 cm³/mol. The van der Waals surface area contributed by atoms with Crippen LogP contribution in [0.3, 0.4) is 0 Å². The first-order chi connectivity index (χ1) is 11.6. The molecule has 24 heavy (non-hydrogen) atoms. The number of halogens is 1. The summed E-state index contributed by atoms with van der Waals surface area (Å²) in [6, 6.07) is 12.8. The Morgan fingerprint density at radius 1 is 1.12 bits per heavy atom. The summed E-state index contributed by atoms with van der Waals surface area (Å²) >= 11 is 0. The fourth-order valence-electron chi connectivity index (χ4n) is 2.41. The lowest BCUT2D eigenvalue weighted by atomic mass is 10.0. The second-order valence-electron chi connectivity index (χ2n) is 5.26. The summed E-state index contributed by atoms with van der Waals surface area (Å²) in [6.07, 6.45) is 2.90. The van der Waals surface area contributed by atoms with Crippen molar-refractivity contribution in [2.24, 2.45) is 10.2 Å². The van der Waals surface area contributed by atoms with Gasteiger partial charge in [-0.3, -0.25) is 9.59 Å². The Hall–Kier alpha value is -3.15. The number of azo groups is 1. The van der Waals surface area contributed by atoms with Gasteiger partial charge in [-0.15, -0.1) is 5.11 Å². The molecule has 0 spiro atoms. The van der Waals surface area contributed by atoms with Crippen LogP contribution in [-0.2, 0) is 16.0 Å². The third-order valence-corrected chi connectivity index (χ3v) is 3.56. The number of anilines is 1. The Morgan fingerprint density at radius 2 is 1.88 bits per heavy atom. The quantitative estimate of drug-likeness (QED) is 0.934. The van der Waals surface area contributed by atoms with Crippen LogP contribution in [0.15, 0.2) is 70.9 Å². The van der Waals surface area contributed by atoms with Crippen LogP contribution in [-0.4, -0.2) is 11.8 Å². The third-order valence-electron chi connectivity index (χ3n) is 3.56. The van der Waals surface area contributed by atoms with Gasteiger partial charge in [0, 0.05) is 17.3 Å². The Balaban J connectivity index is 1.77. The number of benzene rings is 2. The van der Waals surface area contributed by atoms with E-state index in [4.69, 9.17) is 0 Å². The minimum absolute atomic E-state index is 0.0679. The molecule has 0 fully saturated rings. The van der Waals surface area contributed by atoms with E-state index >= 15 is 0 Å². The van der Waals surface area contributed by atoms with E-state index < -0.39 is 17.8 Å². The first-order valence-corrected chi connectivity index (χ1v) is 7.38. The zero-order valence-electron chi connectivity index (χ0n) is 12.6. The SMILES string of the molecule is O=C1C=CC(c2ccccc2NC(=O)Cc2ccccc2F)N=N1. The number of carbonyl (C=O) groups excluding carboxylic acids is 2. The molecule has 1 atom stereocenters. The van der Waals surface area contributed by atoms with Gasteiger partial charge in [-0.25, -0.2) is 4.39 Å². The molecule has 0 bridgehead atoms. The average Bonchev–Trinajstić information content (AvgIpc) is 2.58. The van der Waals surface area contributed by atoms with Crippen LogP contribution >= 0.6 is 0 Å². The highest BCUT2D eigenvalue weighted by atomic mass is 19.1. The normalized spacial score (nSPS) is 16.2. The van der Waals surface area contributed by atoms with Crippen molar-refractivity contribution in [1.29, 1.82) is 0 Å². The van der Waals surface area contributed by atoms with Gasteiger partial charge in [0.2, 0.25) is 5.91 Å². The van der Waals surface area contributed by atoms with E-state index in [0.717, 1.165) is 0 Å². The maximum Gasteiger partial charge on any atom is 0.287 e. The molecule has 1 aliphatic rings. The van der Waals surface area contributed by atoms with E-state index in [2.05, 4.69) is 15.5 Å². The molecular weight excluding hydrogens is 309 g/mol. The van der Waals surface area contributed by atoms with Crippen LogP contribution in [0.2, 0.25) is 0 Å². The van der Waals surface area contributed by atoms with E-state index in [1.807, 2.05) is 6.07 Å². The van der Waals surface area contributed by atoms with Crippen LogP contribution in [0, 0.1) is 5.82 Å². The molecule has 6 heteroatoms. The number of amides is 2. The van der Waals surface area contributed by atoms with Gasteiger partial charge in [-0.1, -0.05) is 36.4 Å². The number of nitrogens with zero attached hydrogens (tertiary/aromatic N) is 2. The number of hydrogen-bond acceptors (Lipinski definition) is 3. The molecule has 0 saturated carbocycles. The van der Waals surface area contributed by atoms with Gasteiger partial charge in [-0.05, 0) is 23.8 Å². The molecule has 1 N–H and O–H groups in total. The summed E-state index contributed by atoms with van der Waals surface area (Å²) in [5, 5.41) is 10.2. The number of carbonyl (C=O) groups is 2. The number of nitrogens with one attached hydrogen (secondary N) is 1. The van der Waals surface area contributed by atoms with Crippen LogP contribution in [0.4, 0.5) is 10.1 Å². The van der Waals surface area contributed by atoms with Gasteiger partial charge in [0.25, 0.3) is 5.91 Å². The van der Waals surface area contributed by atoms with E-state index in [9.17, 15) is 14.0 Å². The van der Waals surface area contributed by atoms with Crippen molar-refractivity contribution >= 4 is 17.5 Å². The van der Waals surface area contributed by atoms with Crippen LogP contribution in [0.25, 0.3) is 0 Å². The lowest BCUT2D eigenvalue weighted by molar-refractivity contribution is -0.116. The lowest BCUT2D eigenvalue weighted by Gasteiger charge is -2.15. The standard InChI is InChI=1S/C18H14FN3O2/c19-14-7-3-1-5-12(14)11-18(24)20-15-8-4-2-6-13(15)16-9-10-17(23)22-21-16/h1-10,16H,11H2,(H,20,24). The van der Waals surface area contributed by atoms with Crippen molar-refractivity contribution in [3.05, 3.63) is 77.6 Å². The maximum atomic E-state index is 13.6. The highest BCUT2D eigenvalue weighted by Gasteiger charge is 2.17. The molecule has 2 aromatic rings. The van der Waals surface area contributed by atoms with Crippen molar-refractivity contribution in [2.75, 3.05) is 5.32 Å². The zero-order chi connectivity index (χ0) is 16.9. The molecule has 1 heterocycles. The molecule has 3 rings (SSSR count). The lowest BCUT2D eigenvalue weighted by Crippen LogP contribution is -2.17. The average molecular weight is 323 g/mol. The Kier molecular flexibility index (Phi) is 4.56. The Labute approximate surface area is 137 Å². The minimum atomic E-state index is -0.437. The first kappa shape index (κ1) is 15.7. The maximum absolute atomic E-state index is 13.6. The Bertz CT molecular complexity index is 830. The van der Waals surface area contributed by atoms with E-state index in [-0.39, 0.29) is 12.3 Å². The monoisotopic (exact) mass is 323 g/mol. The van der Waals surface area contributed by atoms with Crippen molar-refractivity contribution in [3.8, 4) is 0 Å². The summed E-state index contributed by atoms with van der Waals surface area (Å²) in [5.74, 6) is -1.16. The fourth-order valence-corrected chi connectivity index (χ4v) is 2.41. The number of hydrogen-bond donors (Lipinski definition) is 1. The third kappa shape index (κ3) is 3.60. The zero-order valence-corrected chi connectivity index (χ0v) is 12.6. The van der Waals surface area contributed by atoms with Crippen LogP contribution in [0.1, 0.15) is 17.2 Å². The molecule has 120 valence electrons. The molecule has 0 aromatic heterocycles. The van der Waals surface area contributed by atoms with E-state index in [1.165, 1.54) is 12.1 Å². The molecule has 5 nitrogen and oxygen atoms in total. The van der Waals surface area contributed by atoms with Crippen LogP contribution in [0.5, 0.6) is 0 Å². The molecule has 2 aromatic carbocycles. The first-order valence-electron chi connectivity index (χ1n) is 7.38. The van der Waals surface area contributed by atoms with Crippen LogP contribution < -0.4 is 5.32 Å². The molecule has 1 aliphatic heterocycles. The van der Waals surface area contributed by atoms with Gasteiger partial charge in [0.05, 0.1) is 6.42 Å². The predicted octanol–water partition coefficient (Wildman–Crippen LogP) is 3.60. The highest BCUT2D eigenvalue weighted by Crippen LogP contribution is 2.29. The summed E-state index contributed by atoms with van der Waals surface area (Å²) in [6.45, 7) is 0. The minimum Gasteiger partial charge on any atom is -0.325 e. The highest BCUT2D eigenvalue weighted by molar-refractivity contribution is 5.93.